The standard InChI is InChI=1S/C15H11Cl2FO/c16-13-4-1-10(8-14(13)17)15(19)6-5-9-7-11(18)2-3-12(9)15/h1-4,7-8,19H,5-6H2. The minimum absolute atomic E-state index is 0.280. The van der Waals surface area contributed by atoms with Crippen molar-refractivity contribution in [2.24, 2.45) is 0 Å². The molecule has 0 bridgehead atoms. The van der Waals surface area contributed by atoms with Crippen LogP contribution in [0.2, 0.25) is 10.0 Å². The summed E-state index contributed by atoms with van der Waals surface area (Å²) in [5.41, 5.74) is 1.16. The Labute approximate surface area is 120 Å². The Morgan fingerprint density at radius 3 is 2.58 bits per heavy atom. The summed E-state index contributed by atoms with van der Waals surface area (Å²) < 4.78 is 13.2. The maximum Gasteiger partial charge on any atom is 0.123 e. The summed E-state index contributed by atoms with van der Waals surface area (Å²) in [5.74, 6) is -0.280. The van der Waals surface area contributed by atoms with Crippen molar-refractivity contribution < 1.29 is 9.50 Å². The molecule has 0 radical (unpaired) electrons. The van der Waals surface area contributed by atoms with Crippen LogP contribution in [0.15, 0.2) is 36.4 Å². The van der Waals surface area contributed by atoms with Crippen molar-refractivity contribution in [3.63, 3.8) is 0 Å². The Hall–Kier alpha value is -1.09. The van der Waals surface area contributed by atoms with Gasteiger partial charge in [-0.15, -0.1) is 0 Å². The van der Waals surface area contributed by atoms with E-state index in [1.54, 1.807) is 24.3 Å². The van der Waals surface area contributed by atoms with E-state index >= 15 is 0 Å². The van der Waals surface area contributed by atoms with Gasteiger partial charge < -0.3 is 5.11 Å². The lowest BCUT2D eigenvalue weighted by molar-refractivity contribution is 0.0829. The molecule has 1 aliphatic rings. The highest BCUT2D eigenvalue weighted by Gasteiger charge is 2.38. The lowest BCUT2D eigenvalue weighted by atomic mass is 9.88. The lowest BCUT2D eigenvalue weighted by Gasteiger charge is -2.25. The lowest BCUT2D eigenvalue weighted by Crippen LogP contribution is -2.23. The van der Waals surface area contributed by atoms with E-state index in [-0.39, 0.29) is 5.82 Å². The summed E-state index contributed by atoms with van der Waals surface area (Å²) in [4.78, 5) is 0. The van der Waals surface area contributed by atoms with Crippen molar-refractivity contribution in [2.45, 2.75) is 18.4 Å². The first-order chi connectivity index (χ1) is 9.00. The Balaban J connectivity index is 2.13. The van der Waals surface area contributed by atoms with E-state index in [0.717, 1.165) is 11.1 Å². The quantitative estimate of drug-likeness (QED) is 0.831. The number of aliphatic hydroxyl groups is 1. The Morgan fingerprint density at radius 1 is 1.05 bits per heavy atom. The van der Waals surface area contributed by atoms with Crippen molar-refractivity contribution in [3.05, 3.63) is 69.0 Å². The maximum atomic E-state index is 13.2. The van der Waals surface area contributed by atoms with Crippen LogP contribution in [0.4, 0.5) is 4.39 Å². The molecule has 0 spiro atoms. The first-order valence-electron chi connectivity index (χ1n) is 5.97. The molecule has 0 heterocycles. The number of benzene rings is 2. The molecule has 0 saturated heterocycles. The summed E-state index contributed by atoms with van der Waals surface area (Å²) >= 11 is 11.9. The Bertz CT molecular complexity index is 657. The number of hydrogen-bond acceptors (Lipinski definition) is 1. The number of rotatable bonds is 1. The zero-order valence-electron chi connectivity index (χ0n) is 9.96. The van der Waals surface area contributed by atoms with Crippen LogP contribution in [-0.2, 0) is 12.0 Å². The van der Waals surface area contributed by atoms with Crippen LogP contribution in [-0.4, -0.2) is 5.11 Å². The van der Waals surface area contributed by atoms with Crippen molar-refractivity contribution in [1.29, 1.82) is 0 Å². The van der Waals surface area contributed by atoms with Crippen LogP contribution in [0.25, 0.3) is 0 Å². The van der Waals surface area contributed by atoms with Crippen molar-refractivity contribution in [2.75, 3.05) is 0 Å². The van der Waals surface area contributed by atoms with Gasteiger partial charge in [0.05, 0.1) is 10.0 Å². The van der Waals surface area contributed by atoms with Gasteiger partial charge in [0.25, 0.3) is 0 Å². The molecule has 19 heavy (non-hydrogen) atoms. The van der Waals surface area contributed by atoms with Crippen LogP contribution in [0, 0.1) is 5.82 Å². The third kappa shape index (κ3) is 2.04. The topological polar surface area (TPSA) is 20.2 Å². The van der Waals surface area contributed by atoms with Gasteiger partial charge in [0, 0.05) is 0 Å². The second-order valence-electron chi connectivity index (χ2n) is 4.79. The van der Waals surface area contributed by atoms with Crippen molar-refractivity contribution in [3.8, 4) is 0 Å². The van der Waals surface area contributed by atoms with Crippen molar-refractivity contribution in [1.82, 2.24) is 0 Å². The Kier molecular flexibility index (Phi) is 3.05. The highest BCUT2D eigenvalue weighted by Crippen LogP contribution is 2.43. The van der Waals surface area contributed by atoms with Gasteiger partial charge in [-0.25, -0.2) is 4.39 Å². The normalized spacial score (nSPS) is 21.5. The first-order valence-corrected chi connectivity index (χ1v) is 6.73. The monoisotopic (exact) mass is 296 g/mol. The third-order valence-corrected chi connectivity index (χ3v) is 4.41. The average molecular weight is 297 g/mol. The summed E-state index contributed by atoms with van der Waals surface area (Å²) in [6, 6.07) is 9.57. The predicted octanol–water partition coefficient (Wildman–Crippen LogP) is 4.31. The van der Waals surface area contributed by atoms with E-state index in [9.17, 15) is 9.50 Å². The zero-order chi connectivity index (χ0) is 13.6. The van der Waals surface area contributed by atoms with Gasteiger partial charge in [0.2, 0.25) is 0 Å². The fourth-order valence-electron chi connectivity index (χ4n) is 2.68. The molecule has 4 heteroatoms. The van der Waals surface area contributed by atoms with Crippen LogP contribution < -0.4 is 0 Å². The van der Waals surface area contributed by atoms with Crippen molar-refractivity contribution >= 4 is 23.2 Å². The molecule has 3 rings (SSSR count). The van der Waals surface area contributed by atoms with Gasteiger partial charge in [-0.2, -0.15) is 0 Å². The molecule has 1 nitrogen and oxygen atoms in total. The largest absolute Gasteiger partial charge is 0.380 e. The molecule has 2 aromatic carbocycles. The van der Waals surface area contributed by atoms with Crippen LogP contribution >= 0.6 is 23.2 Å². The summed E-state index contributed by atoms with van der Waals surface area (Å²) in [5, 5.41) is 11.8. The van der Waals surface area contributed by atoms with Crippen LogP contribution in [0.3, 0.4) is 0 Å². The molecule has 0 aliphatic heterocycles. The molecular weight excluding hydrogens is 286 g/mol. The fourth-order valence-corrected chi connectivity index (χ4v) is 2.97. The summed E-state index contributed by atoms with van der Waals surface area (Å²) in [6.07, 6.45) is 1.16. The Morgan fingerprint density at radius 2 is 1.84 bits per heavy atom. The van der Waals surface area contributed by atoms with Crippen LogP contribution in [0.1, 0.15) is 23.1 Å². The molecule has 0 aromatic heterocycles. The average Bonchev–Trinajstić information content (AvgIpc) is 2.71. The third-order valence-electron chi connectivity index (χ3n) is 3.67. The molecule has 1 N–H and O–H groups in total. The molecular formula is C15H11Cl2FO. The van der Waals surface area contributed by atoms with E-state index in [1.807, 2.05) is 0 Å². The van der Waals surface area contributed by atoms with Crippen LogP contribution in [0.5, 0.6) is 0 Å². The summed E-state index contributed by atoms with van der Waals surface area (Å²) in [6.45, 7) is 0. The molecule has 0 saturated carbocycles. The zero-order valence-corrected chi connectivity index (χ0v) is 11.5. The van der Waals surface area contributed by atoms with E-state index in [4.69, 9.17) is 23.2 Å². The number of aryl methyl sites for hydroxylation is 1. The highest BCUT2D eigenvalue weighted by molar-refractivity contribution is 6.42. The van der Waals surface area contributed by atoms with Gasteiger partial charge in [-0.05, 0) is 53.8 Å². The molecule has 1 unspecified atom stereocenters. The molecule has 98 valence electrons. The SMILES string of the molecule is OC1(c2ccc(Cl)c(Cl)c2)CCc2cc(F)ccc21. The first kappa shape index (κ1) is 12.9. The minimum atomic E-state index is -1.11. The maximum absolute atomic E-state index is 13.2. The second kappa shape index (κ2) is 4.48. The highest BCUT2D eigenvalue weighted by atomic mass is 35.5. The van der Waals surface area contributed by atoms with Gasteiger partial charge >= 0.3 is 0 Å². The molecule has 0 fully saturated rings. The number of fused-ring (bicyclic) bond motifs is 1. The van der Waals surface area contributed by atoms with E-state index in [2.05, 4.69) is 0 Å². The van der Waals surface area contributed by atoms with Gasteiger partial charge in [0.15, 0.2) is 0 Å². The van der Waals surface area contributed by atoms with Gasteiger partial charge in [-0.3, -0.25) is 0 Å². The van der Waals surface area contributed by atoms with Gasteiger partial charge in [0.1, 0.15) is 11.4 Å². The van der Waals surface area contributed by atoms with E-state index < -0.39 is 5.60 Å². The molecule has 2 aromatic rings. The summed E-state index contributed by atoms with van der Waals surface area (Å²) in [7, 11) is 0. The number of hydrogen-bond donors (Lipinski definition) is 1. The molecule has 1 atom stereocenters. The number of halogens is 3. The minimum Gasteiger partial charge on any atom is -0.380 e. The molecule has 0 amide bonds. The van der Waals surface area contributed by atoms with Gasteiger partial charge in [-0.1, -0.05) is 35.3 Å². The smallest absolute Gasteiger partial charge is 0.123 e. The van der Waals surface area contributed by atoms with E-state index in [0.29, 0.717) is 28.5 Å². The fraction of sp³-hybridized carbons (Fsp3) is 0.200. The second-order valence-corrected chi connectivity index (χ2v) is 5.61. The predicted molar refractivity (Wildman–Crippen MR) is 74.2 cm³/mol. The van der Waals surface area contributed by atoms with E-state index in [1.165, 1.54) is 12.1 Å². The molecule has 1 aliphatic carbocycles.